The van der Waals surface area contributed by atoms with Crippen LogP contribution < -0.4 is 11.1 Å². The van der Waals surface area contributed by atoms with Gasteiger partial charge in [0.2, 0.25) is 5.91 Å². The van der Waals surface area contributed by atoms with Crippen LogP contribution in [0.5, 0.6) is 0 Å². The quantitative estimate of drug-likeness (QED) is 0.842. The number of carbonyl (C=O) groups excluding carboxylic acids is 2. The van der Waals surface area contributed by atoms with Crippen LogP contribution in [0.4, 0.5) is 5.69 Å². The highest BCUT2D eigenvalue weighted by Gasteiger charge is 2.15. The third-order valence-electron chi connectivity index (χ3n) is 3.01. The van der Waals surface area contributed by atoms with Crippen LogP contribution in [-0.4, -0.2) is 19.0 Å². The fourth-order valence-electron chi connectivity index (χ4n) is 1.84. The van der Waals surface area contributed by atoms with Gasteiger partial charge in [-0.15, -0.1) is 0 Å². The van der Waals surface area contributed by atoms with Crippen molar-refractivity contribution in [1.82, 2.24) is 0 Å². The monoisotopic (exact) mass is 284 g/mol. The maximum Gasteiger partial charge on any atom is 0.337 e. The van der Waals surface area contributed by atoms with Crippen LogP contribution in [0.25, 0.3) is 0 Å². The molecule has 1 unspecified atom stereocenters. The smallest absolute Gasteiger partial charge is 0.337 e. The zero-order chi connectivity index (χ0) is 15.2. The third kappa shape index (κ3) is 3.67. The van der Waals surface area contributed by atoms with Crippen molar-refractivity contribution in [2.75, 3.05) is 12.4 Å². The lowest BCUT2D eigenvalue weighted by atomic mass is 10.1. The van der Waals surface area contributed by atoms with Gasteiger partial charge < -0.3 is 15.8 Å². The number of methoxy groups -OCH3 is 1. The Morgan fingerprint density at radius 3 is 2.24 bits per heavy atom. The normalized spacial score (nSPS) is 11.5. The van der Waals surface area contributed by atoms with E-state index in [-0.39, 0.29) is 5.91 Å². The van der Waals surface area contributed by atoms with E-state index in [1.54, 1.807) is 36.4 Å². The molecular formula is C16H16N2O3. The molecule has 0 spiro atoms. The third-order valence-corrected chi connectivity index (χ3v) is 3.01. The van der Waals surface area contributed by atoms with Gasteiger partial charge in [0.15, 0.2) is 0 Å². The van der Waals surface area contributed by atoms with Crippen LogP contribution in [0, 0.1) is 0 Å². The SMILES string of the molecule is COC(=O)c1ccc(NC(=O)C(N)c2ccccc2)cc1. The Kier molecular flexibility index (Phi) is 4.68. The molecule has 5 nitrogen and oxygen atoms in total. The van der Waals surface area contributed by atoms with Gasteiger partial charge in [-0.1, -0.05) is 30.3 Å². The van der Waals surface area contributed by atoms with Crippen LogP contribution >= 0.6 is 0 Å². The summed E-state index contributed by atoms with van der Waals surface area (Å²) >= 11 is 0. The number of rotatable bonds is 4. The maximum absolute atomic E-state index is 12.1. The number of ether oxygens (including phenoxy) is 1. The molecule has 108 valence electrons. The van der Waals surface area contributed by atoms with Gasteiger partial charge in [0, 0.05) is 5.69 Å². The van der Waals surface area contributed by atoms with Gasteiger partial charge in [0.05, 0.1) is 12.7 Å². The molecule has 0 saturated carbocycles. The zero-order valence-electron chi connectivity index (χ0n) is 11.6. The fraction of sp³-hybridized carbons (Fsp3) is 0.125. The Labute approximate surface area is 122 Å². The molecule has 0 bridgehead atoms. The predicted molar refractivity (Wildman–Crippen MR) is 79.8 cm³/mol. The number of nitrogens with one attached hydrogen (secondary N) is 1. The summed E-state index contributed by atoms with van der Waals surface area (Å²) in [6, 6.07) is 14.8. The summed E-state index contributed by atoms with van der Waals surface area (Å²) in [6.07, 6.45) is 0. The van der Waals surface area contributed by atoms with E-state index in [9.17, 15) is 9.59 Å². The molecule has 0 heterocycles. The van der Waals surface area contributed by atoms with E-state index in [1.165, 1.54) is 7.11 Å². The number of carbonyl (C=O) groups is 2. The molecule has 0 fully saturated rings. The van der Waals surface area contributed by atoms with E-state index in [0.29, 0.717) is 11.3 Å². The predicted octanol–water partition coefficient (Wildman–Crippen LogP) is 2.11. The van der Waals surface area contributed by atoms with Gasteiger partial charge in [-0.3, -0.25) is 4.79 Å². The zero-order valence-corrected chi connectivity index (χ0v) is 11.6. The van der Waals surface area contributed by atoms with Gasteiger partial charge in [0.1, 0.15) is 6.04 Å². The first kappa shape index (κ1) is 14.7. The Morgan fingerprint density at radius 1 is 1.05 bits per heavy atom. The highest BCUT2D eigenvalue weighted by atomic mass is 16.5. The first-order valence-corrected chi connectivity index (χ1v) is 6.41. The molecule has 0 aliphatic carbocycles. The van der Waals surface area contributed by atoms with Crippen molar-refractivity contribution in [2.45, 2.75) is 6.04 Å². The maximum atomic E-state index is 12.1. The van der Waals surface area contributed by atoms with Crippen LogP contribution in [-0.2, 0) is 9.53 Å². The van der Waals surface area contributed by atoms with Gasteiger partial charge in [-0.2, -0.15) is 0 Å². The molecule has 21 heavy (non-hydrogen) atoms. The van der Waals surface area contributed by atoms with Crippen molar-refractivity contribution in [3.8, 4) is 0 Å². The second-order valence-corrected chi connectivity index (χ2v) is 4.45. The van der Waals surface area contributed by atoms with Crippen LogP contribution in [0.3, 0.4) is 0 Å². The molecule has 0 radical (unpaired) electrons. The minimum Gasteiger partial charge on any atom is -0.465 e. The van der Waals surface area contributed by atoms with E-state index in [1.807, 2.05) is 18.2 Å². The number of hydrogen-bond donors (Lipinski definition) is 2. The number of esters is 1. The van der Waals surface area contributed by atoms with Crippen molar-refractivity contribution in [2.24, 2.45) is 5.73 Å². The molecule has 3 N–H and O–H groups in total. The minimum absolute atomic E-state index is 0.313. The molecule has 0 aliphatic heterocycles. The summed E-state index contributed by atoms with van der Waals surface area (Å²) in [5.41, 5.74) is 7.62. The summed E-state index contributed by atoms with van der Waals surface area (Å²) in [6.45, 7) is 0. The molecule has 0 saturated heterocycles. The molecule has 0 aliphatic rings. The van der Waals surface area contributed by atoms with E-state index < -0.39 is 12.0 Å². The second-order valence-electron chi connectivity index (χ2n) is 4.45. The highest BCUT2D eigenvalue weighted by molar-refractivity contribution is 5.96. The van der Waals surface area contributed by atoms with Crippen LogP contribution in [0.15, 0.2) is 54.6 Å². The van der Waals surface area contributed by atoms with E-state index in [2.05, 4.69) is 10.1 Å². The van der Waals surface area contributed by atoms with Crippen LogP contribution in [0.2, 0.25) is 0 Å². The van der Waals surface area contributed by atoms with Crippen molar-refractivity contribution < 1.29 is 14.3 Å². The van der Waals surface area contributed by atoms with Crippen molar-refractivity contribution in [3.63, 3.8) is 0 Å². The van der Waals surface area contributed by atoms with Crippen LogP contribution in [0.1, 0.15) is 22.0 Å². The summed E-state index contributed by atoms with van der Waals surface area (Å²) in [5, 5.41) is 2.71. The number of amides is 1. The Morgan fingerprint density at radius 2 is 1.67 bits per heavy atom. The average molecular weight is 284 g/mol. The molecular weight excluding hydrogens is 268 g/mol. The Hall–Kier alpha value is -2.66. The summed E-state index contributed by atoms with van der Waals surface area (Å²) < 4.78 is 4.61. The summed E-state index contributed by atoms with van der Waals surface area (Å²) in [5.74, 6) is -0.735. The highest BCUT2D eigenvalue weighted by Crippen LogP contribution is 2.15. The topological polar surface area (TPSA) is 81.4 Å². The van der Waals surface area contributed by atoms with E-state index >= 15 is 0 Å². The standard InChI is InChI=1S/C16H16N2O3/c1-21-16(20)12-7-9-13(10-8-12)18-15(19)14(17)11-5-3-2-4-6-11/h2-10,14H,17H2,1H3,(H,18,19). The number of nitrogens with two attached hydrogens (primary N) is 1. The van der Waals surface area contributed by atoms with E-state index in [0.717, 1.165) is 5.56 Å². The molecule has 2 rings (SSSR count). The number of hydrogen-bond acceptors (Lipinski definition) is 4. The molecule has 2 aromatic carbocycles. The van der Waals surface area contributed by atoms with Gasteiger partial charge in [-0.25, -0.2) is 4.79 Å². The van der Waals surface area contributed by atoms with Gasteiger partial charge >= 0.3 is 5.97 Å². The molecule has 1 amide bonds. The van der Waals surface area contributed by atoms with Crippen molar-refractivity contribution in [3.05, 3.63) is 65.7 Å². The number of benzene rings is 2. The molecule has 0 aromatic heterocycles. The average Bonchev–Trinajstić information content (AvgIpc) is 2.55. The van der Waals surface area contributed by atoms with E-state index in [4.69, 9.17) is 5.73 Å². The Balaban J connectivity index is 2.04. The molecule has 5 heteroatoms. The van der Waals surface area contributed by atoms with Gasteiger partial charge in [-0.05, 0) is 29.8 Å². The summed E-state index contributed by atoms with van der Waals surface area (Å²) in [4.78, 5) is 23.4. The molecule has 1 atom stereocenters. The minimum atomic E-state index is -0.744. The first-order chi connectivity index (χ1) is 10.1. The van der Waals surface area contributed by atoms with Crippen molar-refractivity contribution in [1.29, 1.82) is 0 Å². The summed E-state index contributed by atoms with van der Waals surface area (Å²) in [7, 11) is 1.32. The fourth-order valence-corrected chi connectivity index (χ4v) is 1.84. The van der Waals surface area contributed by atoms with Crippen molar-refractivity contribution >= 4 is 17.6 Å². The lowest BCUT2D eigenvalue weighted by Gasteiger charge is -2.12. The van der Waals surface area contributed by atoms with Gasteiger partial charge in [0.25, 0.3) is 0 Å². The second kappa shape index (κ2) is 6.67. The first-order valence-electron chi connectivity index (χ1n) is 6.41. The lowest BCUT2D eigenvalue weighted by Crippen LogP contribution is -2.27. The molecule has 2 aromatic rings. The lowest BCUT2D eigenvalue weighted by molar-refractivity contribution is -0.117. The number of anilines is 1. The Bertz CT molecular complexity index is 624. The largest absolute Gasteiger partial charge is 0.465 e.